The van der Waals surface area contributed by atoms with E-state index in [0.29, 0.717) is 24.7 Å². The van der Waals surface area contributed by atoms with E-state index in [9.17, 15) is 0 Å². The first kappa shape index (κ1) is 17.8. The van der Waals surface area contributed by atoms with Crippen LogP contribution in [-0.2, 0) is 11.5 Å². The van der Waals surface area contributed by atoms with Crippen LogP contribution >= 0.6 is 11.6 Å². The van der Waals surface area contributed by atoms with Gasteiger partial charge >= 0.3 is 0 Å². The summed E-state index contributed by atoms with van der Waals surface area (Å²) in [5, 5.41) is 5.67. The fraction of sp³-hybridized carbons (Fsp3) is 0.353. The van der Waals surface area contributed by atoms with Crippen molar-refractivity contribution in [1.29, 1.82) is 0 Å². The van der Waals surface area contributed by atoms with Gasteiger partial charge in [0.1, 0.15) is 6.73 Å². The Kier molecular flexibility index (Phi) is 5.08. The normalized spacial score (nSPS) is 12.0. The minimum absolute atomic E-state index is 0.188. The molecule has 3 aromatic rings. The van der Waals surface area contributed by atoms with Gasteiger partial charge in [0, 0.05) is 26.6 Å². The lowest BCUT2D eigenvalue weighted by Crippen LogP contribution is -2.22. The Morgan fingerprint density at radius 3 is 2.76 bits per heavy atom. The van der Waals surface area contributed by atoms with Crippen LogP contribution in [0.5, 0.6) is 0 Å². The van der Waals surface area contributed by atoms with E-state index in [1.165, 1.54) is 0 Å². The van der Waals surface area contributed by atoms with Gasteiger partial charge in [0.25, 0.3) is 0 Å². The molecule has 0 saturated heterocycles. The molecule has 0 aliphatic carbocycles. The van der Waals surface area contributed by atoms with Gasteiger partial charge in [-0.15, -0.1) is 0 Å². The highest BCUT2D eigenvalue weighted by Crippen LogP contribution is 2.32. The minimum atomic E-state index is -1.13. The molecule has 2 N–H and O–H groups in total. The van der Waals surface area contributed by atoms with Crippen LogP contribution in [0.2, 0.25) is 31.0 Å². The number of ether oxygens (including phenoxy) is 1. The third kappa shape index (κ3) is 4.17. The summed E-state index contributed by atoms with van der Waals surface area (Å²) in [6, 6.07) is 8.57. The number of rotatable bonds is 6. The zero-order valence-electron chi connectivity index (χ0n) is 14.7. The predicted molar refractivity (Wildman–Crippen MR) is 104 cm³/mol. The Hall–Kier alpha value is -1.96. The Morgan fingerprint density at radius 1 is 1.24 bits per heavy atom. The number of nitrogen functional groups attached to an aromatic ring is 1. The van der Waals surface area contributed by atoms with Crippen LogP contribution in [0, 0.1) is 0 Å². The molecule has 0 fully saturated rings. The second kappa shape index (κ2) is 7.11. The lowest BCUT2D eigenvalue weighted by molar-refractivity contribution is 0.0802. The van der Waals surface area contributed by atoms with Gasteiger partial charge in [0.2, 0.25) is 5.28 Å². The molecule has 1 aromatic carbocycles. The summed E-state index contributed by atoms with van der Waals surface area (Å²) in [7, 11) is -1.13. The molecular formula is C17H22ClN5OSi. The Balaban J connectivity index is 1.97. The SMILES string of the molecule is C[Si](C)(C)CCOCn1nc2cccc(N)c2c1-c1ccnc(Cl)n1. The van der Waals surface area contributed by atoms with E-state index < -0.39 is 8.07 Å². The number of benzene rings is 1. The summed E-state index contributed by atoms with van der Waals surface area (Å²) in [6.07, 6.45) is 1.62. The number of aromatic nitrogens is 4. The quantitative estimate of drug-likeness (QED) is 0.304. The maximum Gasteiger partial charge on any atom is 0.222 e. The molecule has 0 radical (unpaired) electrons. The van der Waals surface area contributed by atoms with Crippen LogP contribution in [0.25, 0.3) is 22.3 Å². The van der Waals surface area contributed by atoms with E-state index in [0.717, 1.165) is 22.6 Å². The van der Waals surface area contributed by atoms with Crippen molar-refractivity contribution in [1.82, 2.24) is 19.7 Å². The van der Waals surface area contributed by atoms with Gasteiger partial charge in [-0.3, -0.25) is 0 Å². The van der Waals surface area contributed by atoms with Crippen LogP contribution in [0.1, 0.15) is 0 Å². The maximum absolute atomic E-state index is 6.19. The van der Waals surface area contributed by atoms with Crippen molar-refractivity contribution in [2.45, 2.75) is 32.4 Å². The van der Waals surface area contributed by atoms with Crippen molar-refractivity contribution >= 4 is 36.3 Å². The molecule has 25 heavy (non-hydrogen) atoms. The van der Waals surface area contributed by atoms with Gasteiger partial charge in [0.05, 0.1) is 22.3 Å². The van der Waals surface area contributed by atoms with E-state index in [4.69, 9.17) is 22.1 Å². The zero-order valence-corrected chi connectivity index (χ0v) is 16.4. The minimum Gasteiger partial charge on any atom is -0.398 e. The number of halogens is 1. The highest BCUT2D eigenvalue weighted by molar-refractivity contribution is 6.76. The van der Waals surface area contributed by atoms with Crippen LogP contribution in [0.3, 0.4) is 0 Å². The molecule has 3 rings (SSSR count). The van der Waals surface area contributed by atoms with Crippen LogP contribution in [-0.4, -0.2) is 34.4 Å². The lowest BCUT2D eigenvalue weighted by Gasteiger charge is -2.16. The van der Waals surface area contributed by atoms with Crippen LogP contribution < -0.4 is 5.73 Å². The first-order valence-electron chi connectivity index (χ1n) is 8.17. The predicted octanol–water partition coefficient (Wildman–Crippen LogP) is 4.04. The fourth-order valence-corrected chi connectivity index (χ4v) is 3.46. The highest BCUT2D eigenvalue weighted by Gasteiger charge is 2.18. The summed E-state index contributed by atoms with van der Waals surface area (Å²) in [4.78, 5) is 8.28. The van der Waals surface area contributed by atoms with E-state index >= 15 is 0 Å². The van der Waals surface area contributed by atoms with Crippen molar-refractivity contribution in [3.05, 3.63) is 35.7 Å². The molecule has 0 atom stereocenters. The second-order valence-electron chi connectivity index (χ2n) is 7.15. The molecule has 132 valence electrons. The van der Waals surface area contributed by atoms with E-state index in [2.05, 4.69) is 34.7 Å². The van der Waals surface area contributed by atoms with E-state index in [1.807, 2.05) is 18.2 Å². The lowest BCUT2D eigenvalue weighted by atomic mass is 10.1. The molecule has 6 nitrogen and oxygen atoms in total. The molecule has 8 heteroatoms. The van der Waals surface area contributed by atoms with Gasteiger partial charge in [0.15, 0.2) is 0 Å². The molecule has 0 amide bonds. The summed E-state index contributed by atoms with van der Waals surface area (Å²) < 4.78 is 7.67. The van der Waals surface area contributed by atoms with Gasteiger partial charge in [-0.2, -0.15) is 5.10 Å². The third-order valence-corrected chi connectivity index (χ3v) is 5.76. The fourth-order valence-electron chi connectivity index (χ4n) is 2.56. The molecule has 0 spiro atoms. The van der Waals surface area contributed by atoms with Crippen molar-refractivity contribution in [3.8, 4) is 11.4 Å². The maximum atomic E-state index is 6.19. The van der Waals surface area contributed by atoms with Crippen molar-refractivity contribution in [3.63, 3.8) is 0 Å². The number of hydrogen-bond donors (Lipinski definition) is 1. The molecule has 0 aliphatic heterocycles. The molecule has 0 unspecified atom stereocenters. The largest absolute Gasteiger partial charge is 0.398 e. The van der Waals surface area contributed by atoms with Crippen molar-refractivity contribution in [2.75, 3.05) is 12.3 Å². The number of fused-ring (bicyclic) bond motifs is 1. The summed E-state index contributed by atoms with van der Waals surface area (Å²) >= 11 is 5.97. The number of hydrogen-bond acceptors (Lipinski definition) is 5. The monoisotopic (exact) mass is 375 g/mol. The van der Waals surface area contributed by atoms with E-state index in [1.54, 1.807) is 16.9 Å². The van der Waals surface area contributed by atoms with Gasteiger partial charge in [-0.1, -0.05) is 25.7 Å². The van der Waals surface area contributed by atoms with Crippen LogP contribution in [0.15, 0.2) is 30.5 Å². The third-order valence-electron chi connectivity index (χ3n) is 3.88. The summed E-state index contributed by atoms with van der Waals surface area (Å²) in [6.45, 7) is 8.04. The van der Waals surface area contributed by atoms with E-state index in [-0.39, 0.29) is 5.28 Å². The molecule has 2 aromatic heterocycles. The van der Waals surface area contributed by atoms with Gasteiger partial charge < -0.3 is 10.5 Å². The topological polar surface area (TPSA) is 78.9 Å². The molecule has 0 bridgehead atoms. The second-order valence-corrected chi connectivity index (χ2v) is 13.1. The first-order valence-corrected chi connectivity index (χ1v) is 12.3. The summed E-state index contributed by atoms with van der Waals surface area (Å²) in [5.74, 6) is 0. The molecule has 0 saturated carbocycles. The van der Waals surface area contributed by atoms with Crippen LogP contribution in [0.4, 0.5) is 5.69 Å². The highest BCUT2D eigenvalue weighted by atomic mass is 35.5. The number of nitrogens with two attached hydrogens (primary N) is 1. The van der Waals surface area contributed by atoms with Crippen molar-refractivity contribution in [2.24, 2.45) is 0 Å². The smallest absolute Gasteiger partial charge is 0.222 e. The standard InChI is InChI=1S/C17H22ClN5OSi/c1-25(2,3)10-9-24-11-23-16(14-7-8-20-17(18)21-14)15-12(19)5-4-6-13(15)22-23/h4-8H,9-11,19H2,1-3H3. The Bertz CT molecular complexity index is 890. The molecule has 2 heterocycles. The average Bonchev–Trinajstić information content (AvgIpc) is 2.90. The Morgan fingerprint density at radius 2 is 2.04 bits per heavy atom. The Labute approximate surface area is 153 Å². The summed E-state index contributed by atoms with van der Waals surface area (Å²) in [5.41, 5.74) is 9.12. The van der Waals surface area contributed by atoms with Gasteiger partial charge in [-0.05, 0) is 35.8 Å². The number of anilines is 1. The first-order chi connectivity index (χ1) is 11.8. The average molecular weight is 376 g/mol. The van der Waals surface area contributed by atoms with Crippen molar-refractivity contribution < 1.29 is 4.74 Å². The molecule has 0 aliphatic rings. The van der Waals surface area contributed by atoms with Gasteiger partial charge in [-0.25, -0.2) is 14.6 Å². The molecular weight excluding hydrogens is 354 g/mol. The number of nitrogens with zero attached hydrogens (tertiary/aromatic N) is 4. The zero-order chi connectivity index (χ0) is 18.0.